The largest absolute Gasteiger partial charge is 0.352 e. The summed E-state index contributed by atoms with van der Waals surface area (Å²) in [5.41, 5.74) is 0.407. The number of halogens is 1. The molecule has 2 N–H and O–H groups in total. The maximum Gasteiger partial charge on any atom is 0.251 e. The minimum Gasteiger partial charge on any atom is -0.352 e. The zero-order valence-electron chi connectivity index (χ0n) is 15.7. The predicted molar refractivity (Wildman–Crippen MR) is 107 cm³/mol. The quantitative estimate of drug-likeness (QED) is 0.692. The van der Waals surface area contributed by atoms with Crippen molar-refractivity contribution in [2.45, 2.75) is 24.2 Å². The zero-order chi connectivity index (χ0) is 19.2. The van der Waals surface area contributed by atoms with E-state index in [4.69, 9.17) is 0 Å². The summed E-state index contributed by atoms with van der Waals surface area (Å²) in [7, 11) is -0.691. The summed E-state index contributed by atoms with van der Waals surface area (Å²) >= 11 is 0. The number of hydrogen-bond donors (Lipinski definition) is 2. The van der Waals surface area contributed by atoms with E-state index < -0.39 is 21.5 Å². The fraction of sp³-hybridized carbons (Fsp3) is 0.556. The van der Waals surface area contributed by atoms with E-state index in [9.17, 15) is 18.0 Å². The predicted octanol–water partition coefficient (Wildman–Crippen LogP) is 1.09. The number of piperidine rings is 1. The van der Waals surface area contributed by atoms with Gasteiger partial charge in [0.15, 0.2) is 9.84 Å². The number of nitrogens with one attached hydrogen (secondary N) is 2. The number of carbonyl (C=O) groups is 2. The maximum atomic E-state index is 12.2. The zero-order valence-corrected chi connectivity index (χ0v) is 17.4. The summed E-state index contributed by atoms with van der Waals surface area (Å²) in [5, 5.41) is 6.22. The van der Waals surface area contributed by atoms with Crippen molar-refractivity contribution in [3.8, 4) is 0 Å². The van der Waals surface area contributed by atoms with E-state index in [2.05, 4.69) is 10.6 Å². The Kier molecular flexibility index (Phi) is 9.21. The summed E-state index contributed by atoms with van der Waals surface area (Å²) in [4.78, 5) is 25.1. The van der Waals surface area contributed by atoms with E-state index in [0.717, 1.165) is 19.5 Å². The molecule has 1 aliphatic rings. The Balaban J connectivity index is 0.00000364. The minimum absolute atomic E-state index is 0. The lowest BCUT2D eigenvalue weighted by molar-refractivity contribution is -0.125. The van der Waals surface area contributed by atoms with Crippen LogP contribution in [0.4, 0.5) is 0 Å². The molecular weight excluding hydrogens is 390 g/mol. The molecule has 2 amide bonds. The molecule has 1 heterocycles. The average molecular weight is 418 g/mol. The molecule has 0 radical (unpaired) electrons. The second-order valence-electron chi connectivity index (χ2n) is 6.83. The fourth-order valence-electron chi connectivity index (χ4n) is 2.85. The van der Waals surface area contributed by atoms with Crippen LogP contribution < -0.4 is 10.6 Å². The Hall–Kier alpha value is -1.64. The third-order valence-corrected chi connectivity index (χ3v) is 6.14. The van der Waals surface area contributed by atoms with Gasteiger partial charge in [-0.3, -0.25) is 9.59 Å². The van der Waals surface area contributed by atoms with Crippen LogP contribution in [-0.2, 0) is 14.6 Å². The Bertz CT molecular complexity index is 729. The number of amides is 2. The number of benzene rings is 1. The van der Waals surface area contributed by atoms with Crippen LogP contribution in [0.3, 0.4) is 0 Å². The van der Waals surface area contributed by atoms with Gasteiger partial charge in [0.2, 0.25) is 5.91 Å². The van der Waals surface area contributed by atoms with Crippen LogP contribution in [0.5, 0.6) is 0 Å². The first-order valence-corrected chi connectivity index (χ1v) is 10.5. The van der Waals surface area contributed by atoms with Crippen LogP contribution >= 0.6 is 12.4 Å². The third kappa shape index (κ3) is 7.12. The molecule has 2 rings (SSSR count). The first kappa shape index (κ1) is 23.4. The average Bonchev–Trinajstić information content (AvgIpc) is 2.62. The number of rotatable bonds is 7. The van der Waals surface area contributed by atoms with Crippen LogP contribution in [-0.4, -0.2) is 64.6 Å². The van der Waals surface area contributed by atoms with Gasteiger partial charge in [0.1, 0.15) is 5.75 Å². The highest BCUT2D eigenvalue weighted by atomic mass is 35.5. The molecule has 9 heteroatoms. The van der Waals surface area contributed by atoms with E-state index in [1.165, 1.54) is 56.1 Å². The molecule has 152 valence electrons. The van der Waals surface area contributed by atoms with Crippen LogP contribution in [0.1, 0.15) is 29.6 Å². The highest BCUT2D eigenvalue weighted by molar-refractivity contribution is 7.92. The SMILES string of the molecule is CN(C)C(=O)CS(=O)(=O)c1ccc(C(=O)NCCC2CCCNC2)cc1.Cl. The molecule has 27 heavy (non-hydrogen) atoms. The number of carbonyl (C=O) groups excluding carboxylic acids is 2. The van der Waals surface area contributed by atoms with Crippen molar-refractivity contribution in [3.63, 3.8) is 0 Å². The normalized spacial score (nSPS) is 16.9. The Morgan fingerprint density at radius 2 is 1.89 bits per heavy atom. The van der Waals surface area contributed by atoms with Gasteiger partial charge in [-0.15, -0.1) is 12.4 Å². The van der Waals surface area contributed by atoms with E-state index in [1.54, 1.807) is 0 Å². The van der Waals surface area contributed by atoms with Gasteiger partial charge in [0.05, 0.1) is 4.90 Å². The van der Waals surface area contributed by atoms with E-state index in [1.807, 2.05) is 0 Å². The third-order valence-electron chi connectivity index (χ3n) is 4.53. The van der Waals surface area contributed by atoms with Crippen molar-refractivity contribution >= 4 is 34.1 Å². The number of sulfone groups is 1. The molecule has 0 bridgehead atoms. The molecule has 1 aromatic carbocycles. The number of hydrogen-bond acceptors (Lipinski definition) is 5. The number of nitrogens with zero attached hydrogens (tertiary/aromatic N) is 1. The first-order chi connectivity index (χ1) is 12.3. The van der Waals surface area contributed by atoms with Gasteiger partial charge in [-0.1, -0.05) is 0 Å². The molecule has 1 unspecified atom stereocenters. The van der Waals surface area contributed by atoms with Crippen molar-refractivity contribution in [1.29, 1.82) is 0 Å². The van der Waals surface area contributed by atoms with Gasteiger partial charge in [-0.05, 0) is 62.5 Å². The molecule has 1 aromatic rings. The minimum atomic E-state index is -3.71. The van der Waals surface area contributed by atoms with Gasteiger partial charge in [-0.25, -0.2) is 8.42 Å². The van der Waals surface area contributed by atoms with Gasteiger partial charge in [0, 0.05) is 26.2 Å². The van der Waals surface area contributed by atoms with Crippen molar-refractivity contribution in [2.24, 2.45) is 5.92 Å². The summed E-state index contributed by atoms with van der Waals surface area (Å²) in [5.74, 6) is -0.696. The van der Waals surface area contributed by atoms with Crippen molar-refractivity contribution < 1.29 is 18.0 Å². The van der Waals surface area contributed by atoms with Crippen LogP contribution in [0, 0.1) is 5.92 Å². The maximum absolute atomic E-state index is 12.2. The molecule has 0 aromatic heterocycles. The van der Waals surface area contributed by atoms with E-state index in [0.29, 0.717) is 18.0 Å². The van der Waals surface area contributed by atoms with Crippen molar-refractivity contribution in [1.82, 2.24) is 15.5 Å². The fourth-order valence-corrected chi connectivity index (χ4v) is 4.15. The van der Waals surface area contributed by atoms with Crippen molar-refractivity contribution in [2.75, 3.05) is 39.5 Å². The monoisotopic (exact) mass is 417 g/mol. The molecule has 0 aliphatic carbocycles. The van der Waals surface area contributed by atoms with E-state index in [-0.39, 0.29) is 23.2 Å². The van der Waals surface area contributed by atoms with Gasteiger partial charge in [-0.2, -0.15) is 0 Å². The Morgan fingerprint density at radius 1 is 1.22 bits per heavy atom. The molecule has 1 saturated heterocycles. The molecule has 1 aliphatic heterocycles. The molecule has 0 saturated carbocycles. The lowest BCUT2D eigenvalue weighted by atomic mass is 9.96. The molecule has 7 nitrogen and oxygen atoms in total. The van der Waals surface area contributed by atoms with Crippen LogP contribution in [0.15, 0.2) is 29.2 Å². The first-order valence-electron chi connectivity index (χ1n) is 8.81. The smallest absolute Gasteiger partial charge is 0.251 e. The lowest BCUT2D eigenvalue weighted by Crippen LogP contribution is -2.33. The highest BCUT2D eigenvalue weighted by Gasteiger charge is 2.21. The lowest BCUT2D eigenvalue weighted by Gasteiger charge is -2.22. The van der Waals surface area contributed by atoms with Crippen molar-refractivity contribution in [3.05, 3.63) is 29.8 Å². The molecular formula is C18H28ClN3O4S. The summed E-state index contributed by atoms with van der Waals surface area (Å²) in [6.07, 6.45) is 3.28. The summed E-state index contributed by atoms with van der Waals surface area (Å²) < 4.78 is 24.4. The standard InChI is InChI=1S/C18H27N3O4S.ClH/c1-21(2)17(22)13-26(24,25)16-7-5-15(6-8-16)18(23)20-11-9-14-4-3-10-19-12-14;/h5-8,14,19H,3-4,9-13H2,1-2H3,(H,20,23);1H. The molecule has 1 atom stereocenters. The summed E-state index contributed by atoms with van der Waals surface area (Å²) in [6.45, 7) is 2.66. The Labute approximate surface area is 167 Å². The van der Waals surface area contributed by atoms with E-state index >= 15 is 0 Å². The summed E-state index contributed by atoms with van der Waals surface area (Å²) in [6, 6.07) is 5.70. The van der Waals surface area contributed by atoms with Crippen LogP contribution in [0.25, 0.3) is 0 Å². The highest BCUT2D eigenvalue weighted by Crippen LogP contribution is 2.14. The molecule has 1 fully saturated rings. The topological polar surface area (TPSA) is 95.6 Å². The van der Waals surface area contributed by atoms with Crippen LogP contribution in [0.2, 0.25) is 0 Å². The second-order valence-corrected chi connectivity index (χ2v) is 8.82. The van der Waals surface area contributed by atoms with Gasteiger partial charge in [0.25, 0.3) is 5.91 Å². The molecule has 0 spiro atoms. The van der Waals surface area contributed by atoms with Gasteiger partial charge < -0.3 is 15.5 Å². The Morgan fingerprint density at radius 3 is 2.44 bits per heavy atom. The second kappa shape index (κ2) is 10.6. The van der Waals surface area contributed by atoms with Gasteiger partial charge >= 0.3 is 0 Å².